The maximum atomic E-state index is 16.6. The van der Waals surface area contributed by atoms with Crippen molar-refractivity contribution in [1.29, 1.82) is 0 Å². The van der Waals surface area contributed by atoms with Gasteiger partial charge in [0.25, 0.3) is 0 Å². The molecule has 0 fully saturated rings. The fourth-order valence-corrected chi connectivity index (χ4v) is 5.55. The Kier molecular flexibility index (Phi) is 8.14. The van der Waals surface area contributed by atoms with Gasteiger partial charge in [0.2, 0.25) is 9.76 Å². The van der Waals surface area contributed by atoms with Crippen LogP contribution in [0.2, 0.25) is 5.04 Å². The van der Waals surface area contributed by atoms with Gasteiger partial charge in [0.1, 0.15) is 5.82 Å². The second-order valence-corrected chi connectivity index (χ2v) is 13.1. The van der Waals surface area contributed by atoms with E-state index in [1.54, 1.807) is 12.1 Å². The monoisotopic (exact) mass is 545 g/mol. The highest BCUT2D eigenvalue weighted by Crippen LogP contribution is 2.47. The molecule has 2 unspecified atom stereocenters. The van der Waals surface area contributed by atoms with E-state index in [1.165, 1.54) is 24.3 Å². The van der Waals surface area contributed by atoms with Crippen LogP contribution in [0, 0.1) is 5.82 Å². The molecule has 0 bridgehead atoms. The minimum atomic E-state index is -4.52. The van der Waals surface area contributed by atoms with Gasteiger partial charge in [-0.2, -0.15) is 13.2 Å². The van der Waals surface area contributed by atoms with E-state index >= 15 is 4.39 Å². The Morgan fingerprint density at radius 1 is 0.974 bits per heavy atom. The number of fused-ring (bicyclic) bond motifs is 1. The fraction of sp³-hybridized carbons (Fsp3) is 0.433. The molecule has 202 valence electrons. The molecule has 0 saturated carbocycles. The Labute approximate surface area is 223 Å². The number of nitrogens with zero attached hydrogens (tertiary/aromatic N) is 1. The van der Waals surface area contributed by atoms with Crippen molar-refractivity contribution >= 4 is 9.76 Å². The molecule has 38 heavy (non-hydrogen) atoms. The second kappa shape index (κ2) is 10.9. The predicted octanol–water partition coefficient (Wildman–Crippen LogP) is 9.32. The average Bonchev–Trinajstić information content (AvgIpc) is 2.85. The first-order valence-electron chi connectivity index (χ1n) is 12.8. The van der Waals surface area contributed by atoms with Crippen LogP contribution in [0.5, 0.6) is 0 Å². The molecule has 2 aromatic carbocycles. The van der Waals surface area contributed by atoms with E-state index in [9.17, 15) is 17.6 Å². The maximum Gasteiger partial charge on any atom is 0.416 e. The second-order valence-electron chi connectivity index (χ2n) is 11.1. The van der Waals surface area contributed by atoms with Crippen LogP contribution >= 0.6 is 0 Å². The molecule has 0 aliphatic heterocycles. The van der Waals surface area contributed by atoms with E-state index in [4.69, 9.17) is 9.41 Å². The number of pyridine rings is 1. The molecule has 0 spiro atoms. The number of benzene rings is 2. The van der Waals surface area contributed by atoms with Crippen molar-refractivity contribution in [2.24, 2.45) is 0 Å². The Balaban J connectivity index is 1.96. The lowest BCUT2D eigenvalue weighted by Gasteiger charge is -2.33. The summed E-state index contributed by atoms with van der Waals surface area (Å²) in [6, 6.07) is 10.1. The Morgan fingerprint density at radius 2 is 1.61 bits per heavy atom. The summed E-state index contributed by atoms with van der Waals surface area (Å²) in [6.07, 6.45) is -4.25. The lowest BCUT2D eigenvalue weighted by Crippen LogP contribution is -2.23. The summed E-state index contributed by atoms with van der Waals surface area (Å²) in [5, 5.41) is -0.0648. The molecule has 4 rings (SSSR count). The van der Waals surface area contributed by atoms with Gasteiger partial charge in [-0.25, -0.2) is 8.78 Å². The summed E-state index contributed by atoms with van der Waals surface area (Å²) < 4.78 is 76.4. The lowest BCUT2D eigenvalue weighted by atomic mass is 9.80. The summed E-state index contributed by atoms with van der Waals surface area (Å²) in [5.74, 6) is -0.566. The van der Waals surface area contributed by atoms with Gasteiger partial charge in [-0.3, -0.25) is 4.98 Å². The zero-order valence-electron chi connectivity index (χ0n) is 22.2. The highest BCUT2D eigenvalue weighted by Gasteiger charge is 2.35. The number of aromatic nitrogens is 1. The van der Waals surface area contributed by atoms with E-state index in [1.807, 2.05) is 13.8 Å². The van der Waals surface area contributed by atoms with Crippen LogP contribution < -0.4 is 0 Å². The predicted molar refractivity (Wildman–Crippen MR) is 140 cm³/mol. The molecular formula is C30H32F5NOSi. The molecule has 1 aliphatic rings. The van der Waals surface area contributed by atoms with Gasteiger partial charge in [-0.05, 0) is 71.2 Å². The number of rotatable bonds is 6. The quantitative estimate of drug-likeness (QED) is 0.227. The molecule has 0 saturated heterocycles. The van der Waals surface area contributed by atoms with Crippen LogP contribution in [0.15, 0.2) is 48.5 Å². The van der Waals surface area contributed by atoms with Crippen molar-refractivity contribution in [1.82, 2.24) is 4.98 Å². The topological polar surface area (TPSA) is 22.1 Å². The van der Waals surface area contributed by atoms with Gasteiger partial charge in [-0.1, -0.05) is 58.9 Å². The van der Waals surface area contributed by atoms with E-state index in [0.29, 0.717) is 28.8 Å². The van der Waals surface area contributed by atoms with Crippen molar-refractivity contribution in [2.75, 3.05) is 0 Å². The number of hydrogen-bond acceptors (Lipinski definition) is 2. The Bertz CT molecular complexity index is 1260. The highest BCUT2D eigenvalue weighted by atomic mass is 28.2. The van der Waals surface area contributed by atoms with Crippen LogP contribution in [0.3, 0.4) is 0 Å². The molecule has 1 heterocycles. The minimum absolute atomic E-state index is 0.0648. The average molecular weight is 546 g/mol. The summed E-state index contributed by atoms with van der Waals surface area (Å²) in [7, 11) is 0.198. The summed E-state index contributed by atoms with van der Waals surface area (Å²) >= 11 is 0. The number of alkyl halides is 4. The first-order valence-corrected chi connectivity index (χ1v) is 13.7. The normalized spacial score (nSPS) is 17.0. The Morgan fingerprint density at radius 3 is 2.16 bits per heavy atom. The lowest BCUT2D eigenvalue weighted by molar-refractivity contribution is -0.137. The van der Waals surface area contributed by atoms with E-state index in [2.05, 4.69) is 20.8 Å². The van der Waals surface area contributed by atoms with Gasteiger partial charge >= 0.3 is 6.18 Å². The van der Waals surface area contributed by atoms with Crippen LogP contribution in [-0.4, -0.2) is 14.7 Å². The molecule has 3 aromatic rings. The van der Waals surface area contributed by atoms with Crippen LogP contribution in [0.4, 0.5) is 22.0 Å². The van der Waals surface area contributed by atoms with Crippen molar-refractivity contribution in [3.8, 4) is 11.1 Å². The van der Waals surface area contributed by atoms with Gasteiger partial charge < -0.3 is 4.43 Å². The maximum absolute atomic E-state index is 16.6. The first kappa shape index (κ1) is 28.4. The largest absolute Gasteiger partial charge is 0.416 e. The molecule has 1 aromatic heterocycles. The molecule has 0 N–H and O–H groups in total. The Hall–Kier alpha value is -2.58. The van der Waals surface area contributed by atoms with E-state index < -0.39 is 23.7 Å². The fourth-order valence-electron chi connectivity index (χ4n) is 4.82. The molecule has 0 amide bonds. The number of halogens is 5. The summed E-state index contributed by atoms with van der Waals surface area (Å²) in [4.78, 5) is 4.94. The van der Waals surface area contributed by atoms with Crippen LogP contribution in [-0.2, 0) is 17.0 Å². The third-order valence-electron chi connectivity index (χ3n) is 6.55. The van der Waals surface area contributed by atoms with Crippen molar-refractivity contribution in [2.45, 2.75) is 83.3 Å². The highest BCUT2D eigenvalue weighted by molar-refractivity contribution is 6.31. The zero-order chi connectivity index (χ0) is 27.8. The van der Waals surface area contributed by atoms with Gasteiger partial charge in [-0.15, -0.1) is 0 Å². The van der Waals surface area contributed by atoms with Gasteiger partial charge in [0.15, 0.2) is 6.17 Å². The third-order valence-corrected chi connectivity index (χ3v) is 7.57. The van der Waals surface area contributed by atoms with Gasteiger partial charge in [0, 0.05) is 16.8 Å². The molecule has 2 atom stereocenters. The van der Waals surface area contributed by atoms with Crippen molar-refractivity contribution in [3.05, 3.63) is 88.0 Å². The summed E-state index contributed by atoms with van der Waals surface area (Å²) in [6.45, 7) is 10.1. The SMILES string of the molecule is CC(C)c1nc2c(c(-c3ccc(F)cc3)c1C(F)c1ccc(C(F)(F)F)cc1)C(O[Si]C(C)(C)C)CCC2. The number of aryl methyl sites for hydroxylation is 1. The molecular weight excluding hydrogens is 513 g/mol. The van der Waals surface area contributed by atoms with Crippen molar-refractivity contribution in [3.63, 3.8) is 0 Å². The molecule has 2 radical (unpaired) electrons. The van der Waals surface area contributed by atoms with Crippen LogP contribution in [0.25, 0.3) is 11.1 Å². The van der Waals surface area contributed by atoms with Crippen LogP contribution in [0.1, 0.15) is 99.3 Å². The number of hydrogen-bond donors (Lipinski definition) is 0. The minimum Gasteiger partial charge on any atom is -0.410 e. The smallest absolute Gasteiger partial charge is 0.410 e. The zero-order valence-corrected chi connectivity index (χ0v) is 23.2. The standard InChI is InChI=1S/C30H32F5NOSi/c1-17(2)28-26(27(32)19-9-13-20(14-10-19)30(33,34)35)24(18-11-15-21(31)16-12-18)25-22(36-28)7-6-8-23(25)37-38-29(3,4)5/h9-17,23,27H,6-8H2,1-5H3. The van der Waals surface area contributed by atoms with E-state index in [-0.39, 0.29) is 32.4 Å². The molecule has 2 nitrogen and oxygen atoms in total. The van der Waals surface area contributed by atoms with Gasteiger partial charge in [0.05, 0.1) is 17.4 Å². The molecule has 8 heteroatoms. The van der Waals surface area contributed by atoms with Crippen molar-refractivity contribution < 1.29 is 26.4 Å². The third kappa shape index (κ3) is 6.17. The molecule has 1 aliphatic carbocycles. The first-order chi connectivity index (χ1) is 17.8. The van der Waals surface area contributed by atoms with E-state index in [0.717, 1.165) is 36.2 Å². The summed E-state index contributed by atoms with van der Waals surface area (Å²) in [5.41, 5.74) is 3.00.